The number of carbonyl (C=O) groups excluding carboxylic acids is 1. The van der Waals surface area contributed by atoms with Crippen molar-refractivity contribution in [3.63, 3.8) is 0 Å². The first kappa shape index (κ1) is 15.1. The summed E-state index contributed by atoms with van der Waals surface area (Å²) in [7, 11) is 0. The molecule has 0 fully saturated rings. The molecule has 0 radical (unpaired) electrons. The van der Waals surface area contributed by atoms with E-state index in [0.717, 1.165) is 12.1 Å². The van der Waals surface area contributed by atoms with Gasteiger partial charge >= 0.3 is 0 Å². The number of benzene rings is 1. The summed E-state index contributed by atoms with van der Waals surface area (Å²) in [6, 6.07) is 5.14. The van der Waals surface area contributed by atoms with Gasteiger partial charge in [-0.2, -0.15) is 0 Å². The van der Waals surface area contributed by atoms with E-state index < -0.39 is 11.6 Å². The van der Waals surface area contributed by atoms with E-state index >= 15 is 0 Å². The van der Waals surface area contributed by atoms with Gasteiger partial charge in [0.25, 0.3) is 5.91 Å². The summed E-state index contributed by atoms with van der Waals surface area (Å²) in [6.45, 7) is 3.66. The lowest BCUT2D eigenvalue weighted by Gasteiger charge is -2.10. The van der Waals surface area contributed by atoms with Crippen LogP contribution in [-0.2, 0) is 4.79 Å². The van der Waals surface area contributed by atoms with Crippen molar-refractivity contribution in [1.82, 2.24) is 5.16 Å². The van der Waals surface area contributed by atoms with Crippen molar-refractivity contribution in [3.8, 4) is 0 Å². The van der Waals surface area contributed by atoms with E-state index in [1.54, 1.807) is 25.2 Å². The van der Waals surface area contributed by atoms with Gasteiger partial charge < -0.3 is 15.2 Å². The minimum atomic E-state index is -0.893. The summed E-state index contributed by atoms with van der Waals surface area (Å²) < 4.78 is 30.8. The molecule has 1 amide bonds. The summed E-state index contributed by atoms with van der Waals surface area (Å²) in [6.07, 6.45) is 0. The van der Waals surface area contributed by atoms with E-state index in [2.05, 4.69) is 10.5 Å². The third kappa shape index (κ3) is 4.09. The summed E-state index contributed by atoms with van der Waals surface area (Å²) >= 11 is 0. The molecule has 1 aromatic heterocycles. The molecular weight excluding hydrogens is 280 g/mol. The number of hydrogen-bond acceptors (Lipinski definition) is 3. The maximum atomic E-state index is 13.1. The average Bonchev–Trinajstić information content (AvgIpc) is 2.84. The Kier molecular flexibility index (Phi) is 4.64. The van der Waals surface area contributed by atoms with E-state index in [-0.39, 0.29) is 18.5 Å². The maximum absolute atomic E-state index is 13.1. The molecule has 5 nitrogen and oxygen atoms in total. The molecule has 2 rings (SSSR count). The van der Waals surface area contributed by atoms with Gasteiger partial charge in [-0.25, -0.2) is 8.78 Å². The molecule has 0 aliphatic rings. The molecule has 0 aliphatic carbocycles. The van der Waals surface area contributed by atoms with Gasteiger partial charge in [0.1, 0.15) is 11.8 Å². The zero-order chi connectivity index (χ0) is 15.4. The number of nitrogens with zero attached hydrogens (tertiary/aromatic N) is 1. The molecule has 112 valence electrons. The Hall–Kier alpha value is -2.28. The van der Waals surface area contributed by atoms with Crippen molar-refractivity contribution in [2.45, 2.75) is 19.9 Å². The van der Waals surface area contributed by atoms with Gasteiger partial charge in [-0.15, -0.1) is 0 Å². The van der Waals surface area contributed by atoms with Crippen LogP contribution in [0.2, 0.25) is 0 Å². The van der Waals surface area contributed by atoms with Crippen molar-refractivity contribution < 1.29 is 23.4 Å². The number of hydrogen-bond donors (Lipinski definition) is 2. The largest absolute Gasteiger partial charge is 0.360 e. The van der Waals surface area contributed by atoms with Crippen LogP contribution in [0.3, 0.4) is 0 Å². The molecule has 2 aromatic rings. The average molecular weight is 296 g/mol. The van der Waals surface area contributed by atoms with Crippen molar-refractivity contribution in [2.75, 3.05) is 11.9 Å². The van der Waals surface area contributed by atoms with Gasteiger partial charge in [0.05, 0.1) is 0 Å². The second-order valence-electron chi connectivity index (χ2n) is 4.77. The highest BCUT2D eigenvalue weighted by atomic mass is 19.2. The Morgan fingerprint density at radius 3 is 2.76 bits per heavy atom. The fourth-order valence-corrected chi connectivity index (χ4v) is 1.83. The maximum Gasteiger partial charge on any atom is 0.280 e. The molecule has 0 saturated carbocycles. The van der Waals surface area contributed by atoms with Gasteiger partial charge in [0.2, 0.25) is 0 Å². The molecule has 1 atom stereocenters. The Balaban J connectivity index is 1.86. The minimum Gasteiger partial charge on any atom is -0.360 e. The Labute approximate surface area is 120 Å². The highest BCUT2D eigenvalue weighted by Gasteiger charge is 2.14. The first-order valence-corrected chi connectivity index (χ1v) is 6.47. The molecule has 0 unspecified atom stereocenters. The SMILES string of the molecule is Cc1cc(NC(=O)C[NH2+][C@H](C)c2ccc(F)c(F)c2)no1. The third-order valence-corrected chi connectivity index (χ3v) is 3.02. The lowest BCUT2D eigenvalue weighted by Crippen LogP contribution is -2.86. The normalized spacial score (nSPS) is 12.2. The van der Waals surface area contributed by atoms with Crippen LogP contribution in [-0.4, -0.2) is 17.6 Å². The van der Waals surface area contributed by atoms with Gasteiger partial charge in [-0.1, -0.05) is 5.16 Å². The zero-order valence-electron chi connectivity index (χ0n) is 11.7. The fraction of sp³-hybridized carbons (Fsp3) is 0.286. The number of aryl methyl sites for hydroxylation is 1. The van der Waals surface area contributed by atoms with E-state index in [4.69, 9.17) is 4.52 Å². The number of carbonyl (C=O) groups is 1. The minimum absolute atomic E-state index is 0.131. The van der Waals surface area contributed by atoms with E-state index in [0.29, 0.717) is 17.1 Å². The third-order valence-electron chi connectivity index (χ3n) is 3.02. The topological polar surface area (TPSA) is 71.7 Å². The molecule has 1 aromatic carbocycles. The fourth-order valence-electron chi connectivity index (χ4n) is 1.83. The molecule has 7 heteroatoms. The van der Waals surface area contributed by atoms with Crippen LogP contribution in [0.25, 0.3) is 0 Å². The number of aromatic nitrogens is 1. The van der Waals surface area contributed by atoms with Crippen LogP contribution in [0.1, 0.15) is 24.3 Å². The monoisotopic (exact) mass is 296 g/mol. The number of nitrogens with two attached hydrogens (primary N) is 1. The van der Waals surface area contributed by atoms with Crippen molar-refractivity contribution in [2.24, 2.45) is 0 Å². The van der Waals surface area contributed by atoms with Gasteiger partial charge in [-0.3, -0.25) is 4.79 Å². The van der Waals surface area contributed by atoms with E-state index in [1.807, 2.05) is 0 Å². The van der Waals surface area contributed by atoms with Crippen LogP contribution in [0.5, 0.6) is 0 Å². The second-order valence-corrected chi connectivity index (χ2v) is 4.77. The summed E-state index contributed by atoms with van der Waals surface area (Å²) in [4.78, 5) is 11.7. The van der Waals surface area contributed by atoms with Crippen molar-refractivity contribution in [3.05, 3.63) is 47.2 Å². The number of nitrogens with one attached hydrogen (secondary N) is 1. The number of quaternary nitrogens is 1. The van der Waals surface area contributed by atoms with Crippen molar-refractivity contribution in [1.29, 1.82) is 0 Å². The second kappa shape index (κ2) is 6.45. The number of rotatable bonds is 5. The highest BCUT2D eigenvalue weighted by molar-refractivity contribution is 5.90. The standard InChI is InChI=1S/C14H15F2N3O2/c1-8-5-13(19-21-8)18-14(20)7-17-9(2)10-3-4-11(15)12(16)6-10/h3-6,9,17H,7H2,1-2H3,(H,18,19,20)/p+1/t9-/m1/s1. The first-order valence-electron chi connectivity index (χ1n) is 6.47. The predicted octanol–water partition coefficient (Wildman–Crippen LogP) is 1.52. The van der Waals surface area contributed by atoms with Crippen LogP contribution in [0.15, 0.2) is 28.8 Å². The molecular formula is C14H16F2N3O2+. The molecule has 1 heterocycles. The molecule has 21 heavy (non-hydrogen) atoms. The Morgan fingerprint density at radius 2 is 2.14 bits per heavy atom. The summed E-state index contributed by atoms with van der Waals surface area (Å²) in [5.74, 6) is -1.08. The molecule has 0 bridgehead atoms. The number of halogens is 2. The van der Waals surface area contributed by atoms with Crippen LogP contribution >= 0.6 is 0 Å². The number of amides is 1. The summed E-state index contributed by atoms with van der Waals surface area (Å²) in [5.41, 5.74) is 0.610. The molecule has 3 N–H and O–H groups in total. The smallest absolute Gasteiger partial charge is 0.280 e. The predicted molar refractivity (Wildman–Crippen MR) is 71.4 cm³/mol. The molecule has 0 aliphatic heterocycles. The van der Waals surface area contributed by atoms with E-state index in [9.17, 15) is 13.6 Å². The van der Waals surface area contributed by atoms with Crippen molar-refractivity contribution >= 4 is 11.7 Å². The van der Waals surface area contributed by atoms with Crippen LogP contribution in [0.4, 0.5) is 14.6 Å². The first-order chi connectivity index (χ1) is 9.95. The quantitative estimate of drug-likeness (QED) is 0.879. The molecule has 0 spiro atoms. The van der Waals surface area contributed by atoms with Gasteiger partial charge in [0.15, 0.2) is 24.0 Å². The Bertz CT molecular complexity index is 643. The number of anilines is 1. The summed E-state index contributed by atoms with van der Waals surface area (Å²) in [5, 5.41) is 7.95. The Morgan fingerprint density at radius 1 is 1.38 bits per heavy atom. The lowest BCUT2D eigenvalue weighted by atomic mass is 10.1. The van der Waals surface area contributed by atoms with Gasteiger partial charge in [-0.05, 0) is 32.0 Å². The highest BCUT2D eigenvalue weighted by Crippen LogP contribution is 2.13. The van der Waals surface area contributed by atoms with Crippen LogP contribution in [0, 0.1) is 18.6 Å². The van der Waals surface area contributed by atoms with Gasteiger partial charge in [0, 0.05) is 11.6 Å². The molecule has 0 saturated heterocycles. The van der Waals surface area contributed by atoms with E-state index in [1.165, 1.54) is 6.07 Å². The lowest BCUT2D eigenvalue weighted by molar-refractivity contribution is -0.682. The zero-order valence-corrected chi connectivity index (χ0v) is 11.7. The van der Waals surface area contributed by atoms with Crippen LogP contribution < -0.4 is 10.6 Å².